The topological polar surface area (TPSA) is 13.1 Å². The van der Waals surface area contributed by atoms with Crippen LogP contribution < -0.4 is 0 Å². The summed E-state index contributed by atoms with van der Waals surface area (Å²) >= 11 is 0. The molecule has 1 heterocycles. The van der Waals surface area contributed by atoms with Crippen LogP contribution in [0.4, 0.5) is 0 Å². The maximum Gasteiger partial charge on any atom is 0.143 e. The number of fused-ring (bicyclic) bond motifs is 10. The summed E-state index contributed by atoms with van der Waals surface area (Å²) in [4.78, 5) is 0. The monoisotopic (exact) mass is 738 g/mol. The third kappa shape index (κ3) is 4.77. The molecule has 1 aromatic heterocycles. The fraction of sp³-hybridized carbons (Fsp3) is 0.0526. The average molecular weight is 739 g/mol. The van der Waals surface area contributed by atoms with Crippen molar-refractivity contribution in [2.24, 2.45) is 0 Å². The standard InChI is InChI=1S/C57H38O/c1-57(2)51-23-13-12-17-41(51)48-34-53-49(33-52(48)57)50-32-47(40-16-6-11-22-46(40)56(50)58-53)37-26-30-39(31-27-37)55-44-20-9-7-18-42(44)54(43-19-8-10-21-45(43)55)38-28-24-36(25-29-38)35-14-4-3-5-15-35/h3-34H,1-2H3. The van der Waals surface area contributed by atoms with Gasteiger partial charge in [0.2, 0.25) is 0 Å². The Hall–Kier alpha value is -7.22. The number of rotatable bonds is 4. The van der Waals surface area contributed by atoms with Crippen molar-refractivity contribution in [3.8, 4) is 55.6 Å². The van der Waals surface area contributed by atoms with E-state index in [0.717, 1.165) is 21.9 Å². The molecule has 0 aliphatic heterocycles. The molecule has 0 spiro atoms. The molecule has 0 bridgehead atoms. The summed E-state index contributed by atoms with van der Waals surface area (Å²) in [5.74, 6) is 0. The molecule has 0 fully saturated rings. The van der Waals surface area contributed by atoms with Gasteiger partial charge in [0, 0.05) is 21.6 Å². The SMILES string of the molecule is CC1(C)c2ccccc2-c2cc3oc4c5ccccc5c(-c5ccc(-c6c7ccccc7c(-c7ccc(-c8ccccc8)cc7)c7ccccc67)cc5)cc4c3cc21. The Bertz CT molecular complexity index is 3380. The molecule has 0 N–H and O–H groups in total. The first-order valence-corrected chi connectivity index (χ1v) is 20.3. The van der Waals surface area contributed by atoms with Crippen LogP contribution in [0.5, 0.6) is 0 Å². The van der Waals surface area contributed by atoms with E-state index >= 15 is 0 Å². The lowest BCUT2D eigenvalue weighted by Gasteiger charge is -2.21. The predicted molar refractivity (Wildman–Crippen MR) is 246 cm³/mol. The quantitative estimate of drug-likeness (QED) is 0.164. The fourth-order valence-corrected chi connectivity index (χ4v) is 10.1. The van der Waals surface area contributed by atoms with Crippen LogP contribution in [-0.2, 0) is 5.41 Å². The van der Waals surface area contributed by atoms with E-state index in [1.165, 1.54) is 99.1 Å². The second-order valence-electron chi connectivity index (χ2n) is 16.4. The van der Waals surface area contributed by atoms with Gasteiger partial charge in [0.1, 0.15) is 11.2 Å². The third-order valence-corrected chi connectivity index (χ3v) is 12.9. The minimum absolute atomic E-state index is 0.0846. The first kappa shape index (κ1) is 33.0. The molecule has 1 aliphatic carbocycles. The Morgan fingerprint density at radius 1 is 0.310 bits per heavy atom. The van der Waals surface area contributed by atoms with Gasteiger partial charge in [-0.05, 0) is 112 Å². The summed E-state index contributed by atoms with van der Waals surface area (Å²) in [6.07, 6.45) is 0. The van der Waals surface area contributed by atoms with Crippen LogP contribution in [0, 0.1) is 0 Å². The van der Waals surface area contributed by atoms with Crippen molar-refractivity contribution in [3.05, 3.63) is 205 Å². The van der Waals surface area contributed by atoms with Crippen molar-refractivity contribution >= 4 is 54.3 Å². The van der Waals surface area contributed by atoms with Crippen molar-refractivity contribution < 1.29 is 4.42 Å². The highest BCUT2D eigenvalue weighted by Crippen LogP contribution is 2.52. The van der Waals surface area contributed by atoms with Gasteiger partial charge in [-0.15, -0.1) is 0 Å². The van der Waals surface area contributed by atoms with E-state index < -0.39 is 0 Å². The fourth-order valence-electron chi connectivity index (χ4n) is 10.1. The molecule has 11 aromatic rings. The smallest absolute Gasteiger partial charge is 0.143 e. The molecule has 0 unspecified atom stereocenters. The van der Waals surface area contributed by atoms with Gasteiger partial charge in [0.15, 0.2) is 0 Å². The Morgan fingerprint density at radius 2 is 0.793 bits per heavy atom. The highest BCUT2D eigenvalue weighted by molar-refractivity contribution is 6.22. The predicted octanol–water partition coefficient (Wildman–Crippen LogP) is 16.0. The Labute approximate surface area is 337 Å². The summed E-state index contributed by atoms with van der Waals surface area (Å²) < 4.78 is 6.79. The van der Waals surface area contributed by atoms with E-state index in [9.17, 15) is 0 Å². The van der Waals surface area contributed by atoms with Gasteiger partial charge < -0.3 is 4.42 Å². The molecule has 0 amide bonds. The highest BCUT2D eigenvalue weighted by atomic mass is 16.3. The van der Waals surface area contributed by atoms with Crippen LogP contribution in [0.25, 0.3) is 110 Å². The van der Waals surface area contributed by atoms with E-state index in [1.807, 2.05) is 0 Å². The normalized spacial score (nSPS) is 13.1. The molecule has 0 saturated heterocycles. The number of hydrogen-bond acceptors (Lipinski definition) is 1. The van der Waals surface area contributed by atoms with Crippen LogP contribution in [0.2, 0.25) is 0 Å². The van der Waals surface area contributed by atoms with Crippen LogP contribution in [0.3, 0.4) is 0 Å². The molecule has 0 radical (unpaired) electrons. The summed E-state index contributed by atoms with van der Waals surface area (Å²) in [6, 6.07) is 71.3. The molecule has 272 valence electrons. The minimum atomic E-state index is -0.0846. The molecule has 1 aliphatic rings. The Balaban J connectivity index is 1.01. The van der Waals surface area contributed by atoms with Gasteiger partial charge in [-0.3, -0.25) is 0 Å². The van der Waals surface area contributed by atoms with Gasteiger partial charge in [0.05, 0.1) is 0 Å². The summed E-state index contributed by atoms with van der Waals surface area (Å²) in [5.41, 5.74) is 17.0. The van der Waals surface area contributed by atoms with Gasteiger partial charge >= 0.3 is 0 Å². The maximum absolute atomic E-state index is 6.79. The van der Waals surface area contributed by atoms with Crippen LogP contribution >= 0.6 is 0 Å². The summed E-state index contributed by atoms with van der Waals surface area (Å²) in [5, 5.41) is 9.69. The molecular weight excluding hydrogens is 701 g/mol. The maximum atomic E-state index is 6.79. The first-order valence-electron chi connectivity index (χ1n) is 20.3. The highest BCUT2D eigenvalue weighted by Gasteiger charge is 2.36. The molecule has 0 saturated carbocycles. The molecule has 0 atom stereocenters. The van der Waals surface area contributed by atoms with E-state index in [0.29, 0.717) is 0 Å². The van der Waals surface area contributed by atoms with Crippen molar-refractivity contribution in [2.75, 3.05) is 0 Å². The lowest BCUT2D eigenvalue weighted by molar-refractivity contribution is 0.658. The third-order valence-electron chi connectivity index (χ3n) is 12.9. The van der Waals surface area contributed by atoms with Crippen LogP contribution in [0.15, 0.2) is 199 Å². The van der Waals surface area contributed by atoms with Gasteiger partial charge in [-0.2, -0.15) is 0 Å². The Kier molecular flexibility index (Phi) is 7.04. The second kappa shape index (κ2) is 12.4. The zero-order chi connectivity index (χ0) is 38.5. The largest absolute Gasteiger partial charge is 0.455 e. The number of hydrogen-bond donors (Lipinski definition) is 0. The van der Waals surface area contributed by atoms with Gasteiger partial charge in [-0.1, -0.05) is 190 Å². The lowest BCUT2D eigenvalue weighted by Crippen LogP contribution is -2.14. The van der Waals surface area contributed by atoms with Crippen molar-refractivity contribution in [1.82, 2.24) is 0 Å². The zero-order valence-corrected chi connectivity index (χ0v) is 32.4. The van der Waals surface area contributed by atoms with E-state index in [-0.39, 0.29) is 5.41 Å². The summed E-state index contributed by atoms with van der Waals surface area (Å²) in [7, 11) is 0. The lowest BCUT2D eigenvalue weighted by atomic mass is 9.82. The molecule has 1 nitrogen and oxygen atoms in total. The molecule has 10 aromatic carbocycles. The van der Waals surface area contributed by atoms with Crippen molar-refractivity contribution in [1.29, 1.82) is 0 Å². The van der Waals surface area contributed by atoms with E-state index in [4.69, 9.17) is 4.42 Å². The zero-order valence-electron chi connectivity index (χ0n) is 32.4. The van der Waals surface area contributed by atoms with Crippen molar-refractivity contribution in [2.45, 2.75) is 19.3 Å². The number of benzene rings is 10. The number of furan rings is 1. The molecular formula is C57H38O. The van der Waals surface area contributed by atoms with Crippen LogP contribution in [0.1, 0.15) is 25.0 Å². The van der Waals surface area contributed by atoms with E-state index in [2.05, 4.69) is 208 Å². The van der Waals surface area contributed by atoms with Crippen LogP contribution in [-0.4, -0.2) is 0 Å². The van der Waals surface area contributed by atoms with Gasteiger partial charge in [-0.25, -0.2) is 0 Å². The molecule has 1 heteroatoms. The van der Waals surface area contributed by atoms with Gasteiger partial charge in [0.25, 0.3) is 0 Å². The van der Waals surface area contributed by atoms with Crippen molar-refractivity contribution in [3.63, 3.8) is 0 Å². The average Bonchev–Trinajstić information content (AvgIpc) is 3.76. The van der Waals surface area contributed by atoms with E-state index in [1.54, 1.807) is 0 Å². The second-order valence-corrected chi connectivity index (χ2v) is 16.4. The first-order chi connectivity index (χ1) is 28.5. The summed E-state index contributed by atoms with van der Waals surface area (Å²) in [6.45, 7) is 4.69. The molecule has 12 rings (SSSR count). The Morgan fingerprint density at radius 3 is 1.41 bits per heavy atom. The minimum Gasteiger partial charge on any atom is -0.455 e. The molecule has 58 heavy (non-hydrogen) atoms.